The molecule has 0 unspecified atom stereocenters. The third-order valence-electron chi connectivity index (χ3n) is 1.18. The molecule has 1 aromatic rings. The van der Waals surface area contributed by atoms with Crippen molar-refractivity contribution in [2.24, 2.45) is 0 Å². The minimum absolute atomic E-state index is 0. The van der Waals surface area contributed by atoms with Gasteiger partial charge >= 0.3 is 10.2 Å². The predicted molar refractivity (Wildman–Crippen MR) is 46.6 cm³/mol. The molecular weight excluding hydrogens is 268 g/mol. The SMILES string of the molecule is O=S(=O)(F)Cc1ccccc1.[CH3-].[Y]. The number of hydrogen-bond acceptors (Lipinski definition) is 2. The normalized spacial score (nSPS) is 9.62. The first-order valence-corrected chi connectivity index (χ1v) is 4.59. The van der Waals surface area contributed by atoms with Crippen molar-refractivity contribution in [2.45, 2.75) is 5.75 Å². The molecule has 0 saturated carbocycles. The average molecular weight is 278 g/mol. The van der Waals surface area contributed by atoms with E-state index in [9.17, 15) is 12.3 Å². The second-order valence-electron chi connectivity index (χ2n) is 2.17. The van der Waals surface area contributed by atoms with Crippen molar-refractivity contribution in [3.05, 3.63) is 43.3 Å². The Hall–Kier alpha value is 0.204. The van der Waals surface area contributed by atoms with E-state index in [1.165, 1.54) is 0 Å². The van der Waals surface area contributed by atoms with E-state index in [1.807, 2.05) is 0 Å². The van der Waals surface area contributed by atoms with E-state index < -0.39 is 16.0 Å². The van der Waals surface area contributed by atoms with Crippen LogP contribution in [0, 0.1) is 7.43 Å². The van der Waals surface area contributed by atoms with Crippen LogP contribution >= 0.6 is 0 Å². The topological polar surface area (TPSA) is 34.1 Å². The van der Waals surface area contributed by atoms with Crippen molar-refractivity contribution in [3.8, 4) is 0 Å². The molecule has 1 aromatic carbocycles. The maximum Gasteiger partial charge on any atom is 0.306 e. The van der Waals surface area contributed by atoms with Gasteiger partial charge in [-0.3, -0.25) is 0 Å². The molecule has 5 heteroatoms. The quantitative estimate of drug-likeness (QED) is 0.612. The molecule has 0 aliphatic rings. The summed E-state index contributed by atoms with van der Waals surface area (Å²) in [5.41, 5.74) is 0.468. The van der Waals surface area contributed by atoms with Crippen LogP contribution in [0.5, 0.6) is 0 Å². The maximum absolute atomic E-state index is 12.0. The summed E-state index contributed by atoms with van der Waals surface area (Å²) in [6, 6.07) is 8.21. The maximum atomic E-state index is 12.0. The van der Waals surface area contributed by atoms with Gasteiger partial charge in [-0.05, 0) is 5.56 Å². The summed E-state index contributed by atoms with van der Waals surface area (Å²) >= 11 is 0. The Balaban J connectivity index is 0. The fourth-order valence-corrected chi connectivity index (χ4v) is 1.36. The van der Waals surface area contributed by atoms with E-state index >= 15 is 0 Å². The Morgan fingerprint density at radius 3 is 2.00 bits per heavy atom. The van der Waals surface area contributed by atoms with Gasteiger partial charge in [0.1, 0.15) is 5.75 Å². The fourth-order valence-electron chi connectivity index (χ4n) is 0.773. The number of rotatable bonds is 2. The van der Waals surface area contributed by atoms with Crippen LogP contribution in [0.15, 0.2) is 30.3 Å². The van der Waals surface area contributed by atoms with E-state index in [0.29, 0.717) is 5.56 Å². The summed E-state index contributed by atoms with van der Waals surface area (Å²) in [5, 5.41) is 0. The van der Waals surface area contributed by atoms with Gasteiger partial charge in [-0.25, -0.2) is 0 Å². The zero-order valence-electron chi connectivity index (χ0n) is 7.27. The van der Waals surface area contributed by atoms with Crippen molar-refractivity contribution < 1.29 is 45.0 Å². The molecule has 0 saturated heterocycles. The molecule has 0 bridgehead atoms. The first-order chi connectivity index (χ1) is 5.08. The molecule has 13 heavy (non-hydrogen) atoms. The van der Waals surface area contributed by atoms with Gasteiger partial charge in [0.2, 0.25) is 0 Å². The summed E-state index contributed by atoms with van der Waals surface area (Å²) < 4.78 is 32.3. The summed E-state index contributed by atoms with van der Waals surface area (Å²) in [4.78, 5) is 0. The summed E-state index contributed by atoms with van der Waals surface area (Å²) in [5.74, 6) is -0.534. The average Bonchev–Trinajstić information content (AvgIpc) is 1.85. The van der Waals surface area contributed by atoms with E-state index in [2.05, 4.69) is 0 Å². The van der Waals surface area contributed by atoms with Crippen molar-refractivity contribution >= 4 is 10.2 Å². The van der Waals surface area contributed by atoms with Gasteiger partial charge in [0, 0.05) is 32.7 Å². The molecule has 1 radical (unpaired) electrons. The molecular formula is C8H10FO2SY-. The van der Waals surface area contributed by atoms with E-state index in [1.54, 1.807) is 30.3 Å². The van der Waals surface area contributed by atoms with Crippen molar-refractivity contribution in [1.82, 2.24) is 0 Å². The molecule has 1 rings (SSSR count). The second-order valence-corrected chi connectivity index (χ2v) is 3.54. The summed E-state index contributed by atoms with van der Waals surface area (Å²) in [7, 11) is -4.38. The van der Waals surface area contributed by atoms with Gasteiger partial charge < -0.3 is 7.43 Å². The van der Waals surface area contributed by atoms with E-state index in [-0.39, 0.29) is 40.1 Å². The molecule has 0 N–H and O–H groups in total. The van der Waals surface area contributed by atoms with Crippen LogP contribution in [0.2, 0.25) is 0 Å². The standard InChI is InChI=1S/C7H7FO2S.CH3.Y/c8-11(9,10)6-7-4-2-1-3-5-7;;/h1-5H,6H2;1H3;/q;-1;. The molecule has 0 spiro atoms. The van der Waals surface area contributed by atoms with Crippen molar-refractivity contribution in [2.75, 3.05) is 0 Å². The zero-order valence-corrected chi connectivity index (χ0v) is 10.9. The summed E-state index contributed by atoms with van der Waals surface area (Å²) in [6.07, 6.45) is 0. The van der Waals surface area contributed by atoms with E-state index in [4.69, 9.17) is 0 Å². The molecule has 2 nitrogen and oxygen atoms in total. The molecule has 0 amide bonds. The second kappa shape index (κ2) is 6.63. The first-order valence-electron chi connectivity index (χ1n) is 3.04. The van der Waals surface area contributed by atoms with Crippen LogP contribution in [-0.4, -0.2) is 8.42 Å². The first kappa shape index (κ1) is 15.7. The zero-order chi connectivity index (χ0) is 8.32. The largest absolute Gasteiger partial charge is 0.358 e. The number of hydrogen-bond donors (Lipinski definition) is 0. The van der Waals surface area contributed by atoms with Crippen LogP contribution in [0.25, 0.3) is 0 Å². The number of benzene rings is 1. The summed E-state index contributed by atoms with van der Waals surface area (Å²) in [6.45, 7) is 0. The fraction of sp³-hybridized carbons (Fsp3) is 0.125. The minimum atomic E-state index is -4.38. The van der Waals surface area contributed by atoms with Crippen molar-refractivity contribution in [1.29, 1.82) is 0 Å². The smallest absolute Gasteiger partial charge is 0.306 e. The van der Waals surface area contributed by atoms with Crippen LogP contribution in [0.4, 0.5) is 3.89 Å². The number of halogens is 1. The Labute approximate surface area is 104 Å². The van der Waals surface area contributed by atoms with Gasteiger partial charge in [0.15, 0.2) is 0 Å². The van der Waals surface area contributed by atoms with Gasteiger partial charge in [-0.2, -0.15) is 8.42 Å². The Kier molecular flexibility index (Phi) is 7.99. The van der Waals surface area contributed by atoms with Crippen LogP contribution in [0.1, 0.15) is 5.56 Å². The van der Waals surface area contributed by atoms with Gasteiger partial charge in [0.25, 0.3) is 0 Å². The van der Waals surface area contributed by atoms with Gasteiger partial charge in [-0.1, -0.05) is 30.3 Å². The Morgan fingerprint density at radius 1 is 1.15 bits per heavy atom. The molecule has 0 aliphatic heterocycles. The molecule has 71 valence electrons. The third kappa shape index (κ3) is 7.29. The Bertz CT molecular complexity index is 323. The van der Waals surface area contributed by atoms with Crippen molar-refractivity contribution in [3.63, 3.8) is 0 Å². The minimum Gasteiger partial charge on any atom is -0.358 e. The third-order valence-corrected chi connectivity index (χ3v) is 1.86. The van der Waals surface area contributed by atoms with Crippen LogP contribution in [-0.2, 0) is 48.7 Å². The van der Waals surface area contributed by atoms with Crippen LogP contribution in [0.3, 0.4) is 0 Å². The van der Waals surface area contributed by atoms with E-state index in [0.717, 1.165) is 0 Å². The van der Waals surface area contributed by atoms with Crippen LogP contribution < -0.4 is 0 Å². The van der Waals surface area contributed by atoms with Gasteiger partial charge in [-0.15, -0.1) is 3.89 Å². The molecule has 0 heterocycles. The molecule has 0 atom stereocenters. The molecule has 0 aliphatic carbocycles. The Morgan fingerprint density at radius 2 is 1.62 bits per heavy atom. The predicted octanol–water partition coefficient (Wildman–Crippen LogP) is 1.93. The molecule has 0 fully saturated rings. The van der Waals surface area contributed by atoms with Gasteiger partial charge in [0.05, 0.1) is 0 Å². The molecule has 0 aromatic heterocycles. The monoisotopic (exact) mass is 278 g/mol.